The lowest BCUT2D eigenvalue weighted by molar-refractivity contribution is -0.128. The van der Waals surface area contributed by atoms with Crippen molar-refractivity contribution in [1.82, 2.24) is 9.55 Å². The zero-order chi connectivity index (χ0) is 21.1. The van der Waals surface area contributed by atoms with Crippen molar-refractivity contribution < 1.29 is 9.53 Å². The third-order valence-electron chi connectivity index (χ3n) is 5.47. The van der Waals surface area contributed by atoms with Gasteiger partial charge >= 0.3 is 0 Å². The molecule has 1 aliphatic heterocycles. The fourth-order valence-corrected chi connectivity index (χ4v) is 3.75. The van der Waals surface area contributed by atoms with E-state index in [0.29, 0.717) is 23.6 Å². The number of carbonyl (C=O) groups excluding carboxylic acids is 1. The smallest absolute Gasteiger partial charge is 0.232 e. The number of hydrogen-bond acceptors (Lipinski definition) is 4. The van der Waals surface area contributed by atoms with Crippen LogP contribution in [-0.4, -0.2) is 22.0 Å². The quantitative estimate of drug-likeness (QED) is 0.620. The molecule has 4 rings (SSSR count). The fourth-order valence-electron chi connectivity index (χ4n) is 3.75. The van der Waals surface area contributed by atoms with E-state index < -0.39 is 0 Å². The van der Waals surface area contributed by atoms with Gasteiger partial charge < -0.3 is 14.2 Å². The summed E-state index contributed by atoms with van der Waals surface area (Å²) in [5.74, 6) is 1.29. The second-order valence-electron chi connectivity index (χ2n) is 8.22. The molecule has 0 spiro atoms. The van der Waals surface area contributed by atoms with E-state index >= 15 is 0 Å². The Hall–Kier alpha value is -3.59. The van der Waals surface area contributed by atoms with Crippen LogP contribution in [-0.2, 0) is 11.3 Å². The Morgan fingerprint density at radius 2 is 2.00 bits per heavy atom. The summed E-state index contributed by atoms with van der Waals surface area (Å²) < 4.78 is 7.97. The first-order chi connectivity index (χ1) is 14.5. The van der Waals surface area contributed by atoms with Gasteiger partial charge in [-0.15, -0.1) is 0 Å². The van der Waals surface area contributed by atoms with Crippen molar-refractivity contribution in [2.75, 3.05) is 11.4 Å². The van der Waals surface area contributed by atoms with Crippen LogP contribution in [0.2, 0.25) is 0 Å². The molecule has 0 unspecified atom stereocenters. The summed E-state index contributed by atoms with van der Waals surface area (Å²) in [6, 6.07) is 15.2. The van der Waals surface area contributed by atoms with Crippen LogP contribution in [0.5, 0.6) is 11.5 Å². The van der Waals surface area contributed by atoms with E-state index in [2.05, 4.69) is 11.1 Å². The number of rotatable bonds is 5. The molecule has 30 heavy (non-hydrogen) atoms. The molecule has 0 atom stereocenters. The highest BCUT2D eigenvalue weighted by molar-refractivity contribution is 5.97. The van der Waals surface area contributed by atoms with E-state index in [1.807, 2.05) is 65.9 Å². The average Bonchev–Trinajstić information content (AvgIpc) is 3.24. The lowest BCUT2D eigenvalue weighted by atomic mass is 9.83. The van der Waals surface area contributed by atoms with Gasteiger partial charge in [-0.3, -0.25) is 4.79 Å². The molecule has 0 aliphatic carbocycles. The van der Waals surface area contributed by atoms with Gasteiger partial charge in [-0.05, 0) is 54.8 Å². The molecule has 1 fully saturated rings. The van der Waals surface area contributed by atoms with E-state index in [4.69, 9.17) is 4.74 Å². The van der Waals surface area contributed by atoms with Crippen molar-refractivity contribution in [3.63, 3.8) is 0 Å². The highest BCUT2D eigenvalue weighted by atomic mass is 16.5. The maximum atomic E-state index is 12.7. The van der Waals surface area contributed by atoms with Crippen LogP contribution in [0, 0.1) is 16.7 Å². The topological polar surface area (TPSA) is 71.2 Å². The predicted molar refractivity (Wildman–Crippen MR) is 114 cm³/mol. The Kier molecular flexibility index (Phi) is 5.28. The summed E-state index contributed by atoms with van der Waals surface area (Å²) in [5.41, 5.74) is 2.03. The second-order valence-corrected chi connectivity index (χ2v) is 8.22. The van der Waals surface area contributed by atoms with Crippen molar-refractivity contribution in [2.24, 2.45) is 5.41 Å². The van der Waals surface area contributed by atoms with Gasteiger partial charge in [0, 0.05) is 36.6 Å². The summed E-state index contributed by atoms with van der Waals surface area (Å²) in [5, 5.41) is 9.45. The first-order valence-electron chi connectivity index (χ1n) is 10.0. The van der Waals surface area contributed by atoms with Crippen LogP contribution in [0.15, 0.2) is 61.2 Å². The number of piperidine rings is 1. The largest absolute Gasteiger partial charge is 0.456 e. The SMILES string of the molecule is CC1(C)CCCN(c2ccc(Oc3cc(Cn4ccnc4)ccc3C#N)cc2)C1=O. The fraction of sp³-hybridized carbons (Fsp3) is 0.292. The summed E-state index contributed by atoms with van der Waals surface area (Å²) in [7, 11) is 0. The summed E-state index contributed by atoms with van der Waals surface area (Å²) >= 11 is 0. The molecule has 0 bridgehead atoms. The van der Waals surface area contributed by atoms with E-state index in [0.717, 1.165) is 30.6 Å². The number of imidazole rings is 1. The summed E-state index contributed by atoms with van der Waals surface area (Å²) in [6.45, 7) is 5.38. The third-order valence-corrected chi connectivity index (χ3v) is 5.47. The second kappa shape index (κ2) is 8.03. The molecule has 6 heteroatoms. The van der Waals surface area contributed by atoms with Gasteiger partial charge in [-0.25, -0.2) is 4.98 Å². The molecule has 1 amide bonds. The zero-order valence-corrected chi connectivity index (χ0v) is 17.2. The standard InChI is InChI=1S/C24H24N4O2/c1-24(2)10-3-12-28(23(24)29)20-6-8-21(9-7-20)30-22-14-18(4-5-19(22)15-25)16-27-13-11-26-17-27/h4-9,11,13-14,17H,3,10,12,16H2,1-2H3. The maximum absolute atomic E-state index is 12.7. The molecule has 2 aromatic carbocycles. The number of nitrogens with zero attached hydrogens (tertiary/aromatic N) is 4. The van der Waals surface area contributed by atoms with Crippen molar-refractivity contribution in [3.8, 4) is 17.6 Å². The average molecular weight is 400 g/mol. The zero-order valence-electron chi connectivity index (χ0n) is 17.2. The lowest BCUT2D eigenvalue weighted by Crippen LogP contribution is -2.46. The van der Waals surface area contributed by atoms with Gasteiger partial charge in [0.2, 0.25) is 5.91 Å². The Morgan fingerprint density at radius 1 is 1.20 bits per heavy atom. The highest BCUT2D eigenvalue weighted by Gasteiger charge is 2.36. The minimum Gasteiger partial charge on any atom is -0.456 e. The number of nitriles is 1. The highest BCUT2D eigenvalue weighted by Crippen LogP contribution is 2.34. The van der Waals surface area contributed by atoms with Crippen LogP contribution in [0.25, 0.3) is 0 Å². The first kappa shape index (κ1) is 19.7. The van der Waals surface area contributed by atoms with Crippen molar-refractivity contribution in [2.45, 2.75) is 33.2 Å². The number of hydrogen-bond donors (Lipinski definition) is 0. The number of aromatic nitrogens is 2. The van der Waals surface area contributed by atoms with Crippen molar-refractivity contribution in [1.29, 1.82) is 5.26 Å². The Labute approximate surface area is 176 Å². The number of benzene rings is 2. The molecule has 1 aliphatic rings. The number of anilines is 1. The van der Waals surface area contributed by atoms with Crippen LogP contribution >= 0.6 is 0 Å². The van der Waals surface area contributed by atoms with Gasteiger partial charge in [-0.2, -0.15) is 5.26 Å². The lowest BCUT2D eigenvalue weighted by Gasteiger charge is -2.37. The first-order valence-corrected chi connectivity index (χ1v) is 10.0. The molecule has 0 radical (unpaired) electrons. The number of ether oxygens (including phenoxy) is 1. The molecule has 6 nitrogen and oxygen atoms in total. The van der Waals surface area contributed by atoms with Crippen molar-refractivity contribution >= 4 is 11.6 Å². The van der Waals surface area contributed by atoms with Crippen molar-refractivity contribution in [3.05, 3.63) is 72.3 Å². The molecule has 152 valence electrons. The van der Waals surface area contributed by atoms with Crippen LogP contribution in [0.3, 0.4) is 0 Å². The van der Waals surface area contributed by atoms with E-state index in [9.17, 15) is 10.1 Å². The van der Waals surface area contributed by atoms with Crippen LogP contribution < -0.4 is 9.64 Å². The Morgan fingerprint density at radius 3 is 2.70 bits per heavy atom. The molecule has 0 N–H and O–H groups in total. The van der Waals surface area contributed by atoms with Gasteiger partial charge in [0.25, 0.3) is 0 Å². The Balaban J connectivity index is 1.53. The monoisotopic (exact) mass is 400 g/mol. The molecule has 1 aromatic heterocycles. The normalized spacial score (nSPS) is 15.6. The maximum Gasteiger partial charge on any atom is 0.232 e. The number of carbonyl (C=O) groups is 1. The van der Waals surface area contributed by atoms with Gasteiger partial charge in [0.05, 0.1) is 11.9 Å². The van der Waals surface area contributed by atoms with Gasteiger partial charge in [-0.1, -0.05) is 19.9 Å². The van der Waals surface area contributed by atoms with E-state index in [1.54, 1.807) is 18.6 Å². The molecule has 3 aromatic rings. The summed E-state index contributed by atoms with van der Waals surface area (Å²) in [4.78, 5) is 18.6. The summed E-state index contributed by atoms with van der Waals surface area (Å²) in [6.07, 6.45) is 7.28. The Bertz CT molecular complexity index is 1080. The minimum atomic E-state index is -0.329. The minimum absolute atomic E-state index is 0.154. The van der Waals surface area contributed by atoms with Gasteiger partial charge in [0.1, 0.15) is 17.6 Å². The molecular weight excluding hydrogens is 376 g/mol. The molecular formula is C24H24N4O2. The predicted octanol–water partition coefficient (Wildman–Crippen LogP) is 4.75. The number of amides is 1. The van der Waals surface area contributed by atoms with Gasteiger partial charge in [0.15, 0.2) is 0 Å². The van der Waals surface area contributed by atoms with E-state index in [-0.39, 0.29) is 11.3 Å². The molecule has 1 saturated heterocycles. The van der Waals surface area contributed by atoms with E-state index in [1.165, 1.54) is 0 Å². The van der Waals surface area contributed by atoms with Crippen LogP contribution in [0.1, 0.15) is 37.8 Å². The molecule has 2 heterocycles. The van der Waals surface area contributed by atoms with Crippen LogP contribution in [0.4, 0.5) is 5.69 Å². The third kappa shape index (κ3) is 4.06. The molecule has 0 saturated carbocycles.